The van der Waals surface area contributed by atoms with Crippen LogP contribution in [0, 0.1) is 0 Å². The first kappa shape index (κ1) is 33.1. The zero-order valence-corrected chi connectivity index (χ0v) is 24.4. The number of fused-ring (bicyclic) bond motifs is 1. The number of hydrogen-bond acceptors (Lipinski definition) is 14. The zero-order valence-electron chi connectivity index (χ0n) is 24.4. The molecule has 1 atom stereocenters. The fourth-order valence-electron chi connectivity index (χ4n) is 3.99. The second-order valence-corrected chi connectivity index (χ2v) is 9.77. The van der Waals surface area contributed by atoms with Gasteiger partial charge in [-0.2, -0.15) is 9.97 Å². The lowest BCUT2D eigenvalue weighted by molar-refractivity contribution is -0.141. The minimum absolute atomic E-state index is 0.00298. The normalized spacial score (nSPS) is 11.4. The van der Waals surface area contributed by atoms with Crippen LogP contribution >= 0.6 is 0 Å². The van der Waals surface area contributed by atoms with Crippen molar-refractivity contribution in [3.8, 4) is 0 Å². The number of nitrogens with zero attached hydrogens (tertiary/aromatic N) is 6. The molecule has 2 aromatic heterocycles. The van der Waals surface area contributed by atoms with Gasteiger partial charge >= 0.3 is 18.0 Å². The molecular weight excluding hydrogens is 576 g/mol. The zero-order chi connectivity index (χ0) is 32.4. The third-order valence-corrected chi connectivity index (χ3v) is 6.22. The lowest BCUT2D eigenvalue weighted by atomic mass is 10.1. The van der Waals surface area contributed by atoms with E-state index >= 15 is 0 Å². The molecule has 0 aliphatic carbocycles. The van der Waals surface area contributed by atoms with Gasteiger partial charge in [0.2, 0.25) is 5.95 Å². The number of nitrogens with one attached hydrogen (secondary N) is 2. The molecule has 0 bridgehead atoms. The molecule has 0 fully saturated rings. The number of likely N-dealkylation sites (N-methyl/N-ethyl adjacent to an activating group) is 1. The molecule has 17 heteroatoms. The van der Waals surface area contributed by atoms with E-state index in [4.69, 9.17) is 16.2 Å². The lowest BCUT2D eigenvalue weighted by Gasteiger charge is -2.20. The summed E-state index contributed by atoms with van der Waals surface area (Å²) in [7, 11) is 3.46. The van der Waals surface area contributed by atoms with Crippen LogP contribution in [0.1, 0.15) is 35.8 Å². The van der Waals surface area contributed by atoms with E-state index in [2.05, 4.69) is 30.6 Å². The van der Waals surface area contributed by atoms with Crippen LogP contribution < -0.4 is 27.0 Å². The average molecular weight is 611 g/mol. The first-order valence-electron chi connectivity index (χ1n) is 13.4. The fraction of sp³-hybridized carbons (Fsp3) is 0.370. The van der Waals surface area contributed by atoms with Crippen molar-refractivity contribution >= 4 is 58.3 Å². The Morgan fingerprint density at radius 2 is 1.77 bits per heavy atom. The molecule has 0 spiro atoms. The Hall–Kier alpha value is -5.45. The van der Waals surface area contributed by atoms with Gasteiger partial charge in [-0.1, -0.05) is 0 Å². The van der Waals surface area contributed by atoms with E-state index in [-0.39, 0.29) is 48.3 Å². The summed E-state index contributed by atoms with van der Waals surface area (Å²) in [6, 6.07) is 4.94. The number of rotatable bonds is 14. The maximum atomic E-state index is 12.8. The van der Waals surface area contributed by atoms with Gasteiger partial charge in [-0.15, -0.1) is 0 Å². The van der Waals surface area contributed by atoms with Crippen molar-refractivity contribution in [2.75, 3.05) is 50.1 Å². The Labute approximate surface area is 252 Å². The first-order chi connectivity index (χ1) is 20.9. The maximum absolute atomic E-state index is 12.8. The molecular formula is C27H34N10O7. The smallest absolute Gasteiger partial charge is 0.417 e. The van der Waals surface area contributed by atoms with E-state index in [1.807, 2.05) is 4.90 Å². The minimum Gasteiger partial charge on any atom is -0.480 e. The molecule has 1 aromatic carbocycles. The molecule has 0 unspecified atom stereocenters. The van der Waals surface area contributed by atoms with E-state index in [1.54, 1.807) is 26.2 Å². The summed E-state index contributed by atoms with van der Waals surface area (Å²) in [5.41, 5.74) is 13.6. The Morgan fingerprint density at radius 3 is 2.41 bits per heavy atom. The molecule has 2 heterocycles. The van der Waals surface area contributed by atoms with Crippen LogP contribution in [-0.4, -0.2) is 99.4 Å². The second-order valence-electron chi connectivity index (χ2n) is 9.77. The number of hydrogen-bond donors (Lipinski definition) is 5. The quantitative estimate of drug-likeness (QED) is 0.119. The van der Waals surface area contributed by atoms with Gasteiger partial charge in [0.15, 0.2) is 17.0 Å². The van der Waals surface area contributed by atoms with Crippen molar-refractivity contribution < 1.29 is 33.8 Å². The van der Waals surface area contributed by atoms with Crippen LogP contribution in [0.4, 0.5) is 22.2 Å². The van der Waals surface area contributed by atoms with Gasteiger partial charge in [-0.05, 0) is 44.7 Å². The molecule has 7 N–H and O–H groups in total. The van der Waals surface area contributed by atoms with Gasteiger partial charge in [0.25, 0.3) is 5.91 Å². The summed E-state index contributed by atoms with van der Waals surface area (Å²) in [5, 5.41) is 14.8. The monoisotopic (exact) mass is 610 g/mol. The van der Waals surface area contributed by atoms with Crippen LogP contribution in [0.2, 0.25) is 0 Å². The Kier molecular flexibility index (Phi) is 11.4. The maximum Gasteiger partial charge on any atom is 0.417 e. The summed E-state index contributed by atoms with van der Waals surface area (Å²) in [4.78, 5) is 79.9. The highest BCUT2D eigenvalue weighted by Gasteiger charge is 2.25. The summed E-state index contributed by atoms with van der Waals surface area (Å²) in [5.74, 6) is -3.22. The number of nitrogens with two attached hydrogens (primary N) is 2. The number of carboxylic acid groups (broad SMARTS) is 1. The lowest BCUT2D eigenvalue weighted by Crippen LogP contribution is -2.42. The summed E-state index contributed by atoms with van der Waals surface area (Å²) in [6.45, 7) is 1.87. The molecule has 0 aliphatic heterocycles. The number of carbonyl (C=O) groups is 5. The number of aliphatic carboxylic acids is 1. The third kappa shape index (κ3) is 9.28. The van der Waals surface area contributed by atoms with E-state index in [9.17, 15) is 29.1 Å². The van der Waals surface area contributed by atoms with E-state index in [1.165, 1.54) is 25.3 Å². The number of amides is 2. The second kappa shape index (κ2) is 15.1. The van der Waals surface area contributed by atoms with Gasteiger partial charge in [-0.3, -0.25) is 19.3 Å². The summed E-state index contributed by atoms with van der Waals surface area (Å²) >= 11 is 0. The van der Waals surface area contributed by atoms with Crippen LogP contribution in [0.3, 0.4) is 0 Å². The predicted octanol–water partition coefficient (Wildman–Crippen LogP) is -0.0426. The van der Waals surface area contributed by atoms with Gasteiger partial charge < -0.3 is 36.8 Å². The minimum atomic E-state index is -1.43. The largest absolute Gasteiger partial charge is 0.480 e. The Morgan fingerprint density at radius 1 is 1.07 bits per heavy atom. The standard InChI is InChI=1S/C27H34N10O7/c1-15(38)13-37(11-10-30-2)27(43)44-20(39)9-8-19(25(41)42)33-24(40)16-4-6-18(7-5-16)36(3)14-17-12-31-23-21(32-17)22(28)34-26(29)35-23/h4-7,12,19,30H,8-11,13-14H2,1-3H3,(H,33,40)(H,41,42)(H4,28,29,31,34,35)/t19-/m0/s1. The fourth-order valence-corrected chi connectivity index (χ4v) is 3.99. The number of esters is 1. The van der Waals surface area contributed by atoms with Crippen LogP contribution in [0.15, 0.2) is 30.5 Å². The number of ketones is 1. The van der Waals surface area contributed by atoms with Crippen molar-refractivity contribution in [2.45, 2.75) is 32.4 Å². The summed E-state index contributed by atoms with van der Waals surface area (Å²) < 4.78 is 4.77. The third-order valence-electron chi connectivity index (χ3n) is 6.22. The van der Waals surface area contributed by atoms with E-state index in [0.29, 0.717) is 24.3 Å². The number of benzene rings is 1. The molecule has 0 saturated carbocycles. The van der Waals surface area contributed by atoms with Crippen molar-refractivity contribution in [2.24, 2.45) is 0 Å². The van der Waals surface area contributed by atoms with Gasteiger partial charge in [0.1, 0.15) is 11.8 Å². The van der Waals surface area contributed by atoms with Crippen LogP contribution in [0.25, 0.3) is 11.2 Å². The number of Topliss-reactive ketones (excluding diaryl/α,β-unsaturated/α-hetero) is 1. The van der Waals surface area contributed by atoms with Gasteiger partial charge in [0.05, 0.1) is 25.0 Å². The molecule has 44 heavy (non-hydrogen) atoms. The molecule has 3 aromatic rings. The number of anilines is 3. The van der Waals surface area contributed by atoms with Crippen LogP contribution in [0.5, 0.6) is 0 Å². The molecule has 0 radical (unpaired) electrons. The molecule has 3 rings (SSSR count). The Bertz CT molecular complexity index is 1530. The van der Waals surface area contributed by atoms with E-state index in [0.717, 1.165) is 10.6 Å². The molecule has 2 amide bonds. The highest BCUT2D eigenvalue weighted by molar-refractivity contribution is 5.97. The molecule has 234 valence electrons. The average Bonchev–Trinajstić information content (AvgIpc) is 2.97. The van der Waals surface area contributed by atoms with E-state index < -0.39 is 36.4 Å². The number of nitrogen functional groups attached to an aromatic ring is 2. The molecule has 0 saturated heterocycles. The highest BCUT2D eigenvalue weighted by atomic mass is 16.6. The molecule has 0 aliphatic rings. The Balaban J connectivity index is 1.56. The van der Waals surface area contributed by atoms with Crippen molar-refractivity contribution in [3.63, 3.8) is 0 Å². The van der Waals surface area contributed by atoms with Crippen LogP contribution in [-0.2, 0) is 25.7 Å². The van der Waals surface area contributed by atoms with Gasteiger partial charge in [0, 0.05) is 37.8 Å². The first-order valence-corrected chi connectivity index (χ1v) is 13.4. The molecule has 17 nitrogen and oxygen atoms in total. The SMILES string of the molecule is CNCCN(CC(C)=O)C(=O)OC(=O)CC[C@H](NC(=O)c1ccc(N(C)Cc2cnc3nc(N)nc(N)c3n2)cc1)C(=O)O. The number of aromatic nitrogens is 4. The summed E-state index contributed by atoms with van der Waals surface area (Å²) in [6.07, 6.45) is -0.268. The highest BCUT2D eigenvalue weighted by Crippen LogP contribution is 2.19. The predicted molar refractivity (Wildman–Crippen MR) is 158 cm³/mol. The number of carbonyl (C=O) groups excluding carboxylic acids is 4. The van der Waals surface area contributed by atoms with Gasteiger partial charge in [-0.25, -0.2) is 19.6 Å². The van der Waals surface area contributed by atoms with Crippen molar-refractivity contribution in [3.05, 3.63) is 41.7 Å². The number of carboxylic acids is 1. The topological polar surface area (TPSA) is 249 Å². The number of ether oxygens (including phenoxy) is 1. The van der Waals surface area contributed by atoms with Crippen molar-refractivity contribution in [1.29, 1.82) is 0 Å². The van der Waals surface area contributed by atoms with Crippen molar-refractivity contribution in [1.82, 2.24) is 35.5 Å².